The zero-order chi connectivity index (χ0) is 15.4. The topological polar surface area (TPSA) is 59.0 Å². The summed E-state index contributed by atoms with van der Waals surface area (Å²) in [4.78, 5) is 12.3. The first-order valence-electron chi connectivity index (χ1n) is 7.01. The number of benzene rings is 1. The summed E-state index contributed by atoms with van der Waals surface area (Å²) in [6.45, 7) is 4.66. The van der Waals surface area contributed by atoms with Gasteiger partial charge in [-0.3, -0.25) is 9.48 Å². The second kappa shape index (κ2) is 6.54. The normalized spacial score (nSPS) is 12.2. The van der Waals surface area contributed by atoms with Crippen LogP contribution in [0.25, 0.3) is 0 Å². The minimum atomic E-state index is -0.385. The molecule has 0 aliphatic rings. The Morgan fingerprint density at radius 1 is 1.38 bits per heavy atom. The molecule has 1 unspecified atom stereocenters. The van der Waals surface area contributed by atoms with Crippen LogP contribution in [0, 0.1) is 13.8 Å². The molecule has 112 valence electrons. The van der Waals surface area contributed by atoms with Crippen molar-refractivity contribution < 1.29 is 4.79 Å². The van der Waals surface area contributed by atoms with Gasteiger partial charge in [0.25, 0.3) is 0 Å². The number of hydrogen-bond acceptors (Lipinski definition) is 3. The number of aromatic nitrogens is 2. The van der Waals surface area contributed by atoms with Gasteiger partial charge in [0.2, 0.25) is 5.91 Å². The van der Waals surface area contributed by atoms with Crippen LogP contribution in [0.2, 0.25) is 0 Å². The van der Waals surface area contributed by atoms with Crippen LogP contribution in [0.3, 0.4) is 0 Å². The van der Waals surface area contributed by atoms with Crippen LogP contribution < -0.4 is 10.6 Å². The van der Waals surface area contributed by atoms with Gasteiger partial charge in [-0.2, -0.15) is 5.10 Å². The molecule has 5 heteroatoms. The number of carbonyl (C=O) groups is 1. The quantitative estimate of drug-likeness (QED) is 0.878. The smallest absolute Gasteiger partial charge is 0.242 e. The average molecular weight is 286 g/mol. The van der Waals surface area contributed by atoms with Crippen molar-refractivity contribution >= 4 is 5.91 Å². The van der Waals surface area contributed by atoms with Gasteiger partial charge in [-0.1, -0.05) is 23.8 Å². The lowest BCUT2D eigenvalue weighted by Crippen LogP contribution is -2.35. The minimum absolute atomic E-state index is 0.0505. The van der Waals surface area contributed by atoms with Gasteiger partial charge < -0.3 is 10.6 Å². The average Bonchev–Trinajstić information content (AvgIpc) is 2.85. The van der Waals surface area contributed by atoms with E-state index in [4.69, 9.17) is 0 Å². The van der Waals surface area contributed by atoms with Crippen molar-refractivity contribution in [1.29, 1.82) is 0 Å². The number of amides is 1. The van der Waals surface area contributed by atoms with Gasteiger partial charge in [-0.25, -0.2) is 0 Å². The summed E-state index contributed by atoms with van der Waals surface area (Å²) in [5.41, 5.74) is 4.41. The van der Waals surface area contributed by atoms with Crippen LogP contribution in [0.5, 0.6) is 0 Å². The van der Waals surface area contributed by atoms with Crippen LogP contribution in [0.4, 0.5) is 0 Å². The van der Waals surface area contributed by atoms with Gasteiger partial charge in [0, 0.05) is 25.4 Å². The van der Waals surface area contributed by atoms with Crippen molar-refractivity contribution in [3.8, 4) is 0 Å². The Morgan fingerprint density at radius 3 is 2.71 bits per heavy atom. The van der Waals surface area contributed by atoms with Gasteiger partial charge >= 0.3 is 0 Å². The molecule has 0 saturated heterocycles. The zero-order valence-corrected chi connectivity index (χ0v) is 13.0. The minimum Gasteiger partial charge on any atom is -0.350 e. The fraction of sp³-hybridized carbons (Fsp3) is 0.375. The molecule has 0 fully saturated rings. The van der Waals surface area contributed by atoms with E-state index < -0.39 is 0 Å². The summed E-state index contributed by atoms with van der Waals surface area (Å²) in [6.07, 6.45) is 3.55. The Labute approximate surface area is 125 Å². The third kappa shape index (κ3) is 3.70. The highest BCUT2D eigenvalue weighted by molar-refractivity contribution is 5.83. The first-order chi connectivity index (χ1) is 10.0. The lowest BCUT2D eigenvalue weighted by atomic mass is 10.1. The van der Waals surface area contributed by atoms with E-state index >= 15 is 0 Å². The van der Waals surface area contributed by atoms with Crippen molar-refractivity contribution in [3.63, 3.8) is 0 Å². The van der Waals surface area contributed by atoms with Crippen molar-refractivity contribution in [1.82, 2.24) is 20.4 Å². The number of nitrogens with zero attached hydrogens (tertiary/aromatic N) is 2. The Kier molecular flexibility index (Phi) is 4.75. The largest absolute Gasteiger partial charge is 0.350 e. The second-order valence-electron chi connectivity index (χ2n) is 5.32. The van der Waals surface area contributed by atoms with Crippen LogP contribution >= 0.6 is 0 Å². The van der Waals surface area contributed by atoms with Gasteiger partial charge in [-0.05, 0) is 32.0 Å². The van der Waals surface area contributed by atoms with E-state index in [1.54, 1.807) is 17.9 Å². The summed E-state index contributed by atoms with van der Waals surface area (Å²) in [5.74, 6) is -0.0505. The Hall–Kier alpha value is -2.14. The standard InChI is InChI=1S/C16H22N4O/c1-11-5-6-13(12(2)7-11)8-18-16(21)15(17-3)14-9-19-20(4)10-14/h5-7,9-10,15,17H,8H2,1-4H3,(H,18,21). The molecular formula is C16H22N4O. The molecule has 2 rings (SSSR count). The number of hydrogen-bond donors (Lipinski definition) is 2. The predicted molar refractivity (Wildman–Crippen MR) is 82.8 cm³/mol. The molecule has 1 aromatic carbocycles. The molecule has 0 bridgehead atoms. The molecule has 1 aromatic heterocycles. The maximum absolute atomic E-state index is 12.3. The number of aryl methyl sites for hydroxylation is 3. The number of rotatable bonds is 5. The molecule has 0 aliphatic heterocycles. The molecule has 0 aliphatic carbocycles. The van der Waals surface area contributed by atoms with E-state index in [0.717, 1.165) is 11.1 Å². The van der Waals surface area contributed by atoms with Crippen LogP contribution in [-0.2, 0) is 18.4 Å². The van der Waals surface area contributed by atoms with Crippen molar-refractivity contribution in [3.05, 3.63) is 52.8 Å². The van der Waals surface area contributed by atoms with E-state index in [9.17, 15) is 4.79 Å². The van der Waals surface area contributed by atoms with Crippen molar-refractivity contribution in [2.45, 2.75) is 26.4 Å². The van der Waals surface area contributed by atoms with Gasteiger partial charge in [-0.15, -0.1) is 0 Å². The van der Waals surface area contributed by atoms with Crippen molar-refractivity contribution in [2.75, 3.05) is 7.05 Å². The van der Waals surface area contributed by atoms with Crippen molar-refractivity contribution in [2.24, 2.45) is 7.05 Å². The van der Waals surface area contributed by atoms with Gasteiger partial charge in [0.1, 0.15) is 6.04 Å². The Morgan fingerprint density at radius 2 is 2.14 bits per heavy atom. The third-order valence-corrected chi connectivity index (χ3v) is 3.56. The molecule has 2 N–H and O–H groups in total. The van der Waals surface area contributed by atoms with E-state index in [2.05, 4.69) is 47.8 Å². The third-order valence-electron chi connectivity index (χ3n) is 3.56. The lowest BCUT2D eigenvalue weighted by Gasteiger charge is -2.15. The Bertz CT molecular complexity index is 633. The van der Waals surface area contributed by atoms with E-state index in [0.29, 0.717) is 6.54 Å². The molecule has 0 spiro atoms. The molecule has 21 heavy (non-hydrogen) atoms. The maximum atomic E-state index is 12.3. The van der Waals surface area contributed by atoms with Crippen LogP contribution in [-0.4, -0.2) is 22.7 Å². The second-order valence-corrected chi connectivity index (χ2v) is 5.32. The fourth-order valence-electron chi connectivity index (χ4n) is 2.37. The van der Waals surface area contributed by atoms with E-state index in [1.807, 2.05) is 13.2 Å². The Balaban J connectivity index is 2.03. The highest BCUT2D eigenvalue weighted by atomic mass is 16.2. The van der Waals surface area contributed by atoms with Gasteiger partial charge in [0.05, 0.1) is 6.20 Å². The first kappa shape index (κ1) is 15.3. The molecule has 5 nitrogen and oxygen atoms in total. The first-order valence-corrected chi connectivity index (χ1v) is 7.01. The predicted octanol–water partition coefficient (Wildman–Crippen LogP) is 1.61. The fourth-order valence-corrected chi connectivity index (χ4v) is 2.37. The maximum Gasteiger partial charge on any atom is 0.242 e. The van der Waals surface area contributed by atoms with Crippen LogP contribution in [0.1, 0.15) is 28.3 Å². The highest BCUT2D eigenvalue weighted by Crippen LogP contribution is 2.13. The lowest BCUT2D eigenvalue weighted by molar-refractivity contribution is -0.123. The molecule has 0 saturated carbocycles. The van der Waals surface area contributed by atoms with Gasteiger partial charge in [0.15, 0.2) is 0 Å². The zero-order valence-electron chi connectivity index (χ0n) is 13.0. The molecule has 1 heterocycles. The summed E-state index contributed by atoms with van der Waals surface area (Å²) < 4.78 is 1.69. The molecule has 2 aromatic rings. The summed E-state index contributed by atoms with van der Waals surface area (Å²) in [7, 11) is 3.61. The molecule has 1 amide bonds. The number of likely N-dealkylation sites (N-methyl/N-ethyl adjacent to an activating group) is 1. The monoisotopic (exact) mass is 286 g/mol. The summed E-state index contributed by atoms with van der Waals surface area (Å²) >= 11 is 0. The highest BCUT2D eigenvalue weighted by Gasteiger charge is 2.19. The van der Waals surface area contributed by atoms with E-state index in [1.165, 1.54) is 11.1 Å². The SMILES string of the molecule is CNC(C(=O)NCc1ccc(C)cc1C)c1cnn(C)c1. The number of nitrogens with one attached hydrogen (secondary N) is 2. The number of carbonyl (C=O) groups excluding carboxylic acids is 1. The summed E-state index contributed by atoms with van der Waals surface area (Å²) in [6, 6.07) is 5.86. The van der Waals surface area contributed by atoms with E-state index in [-0.39, 0.29) is 11.9 Å². The summed E-state index contributed by atoms with van der Waals surface area (Å²) in [5, 5.41) is 10.1. The van der Waals surface area contributed by atoms with Crippen LogP contribution in [0.15, 0.2) is 30.6 Å². The molecule has 1 atom stereocenters. The molecular weight excluding hydrogens is 264 g/mol. The molecule has 0 radical (unpaired) electrons.